The van der Waals surface area contributed by atoms with Crippen LogP contribution < -0.4 is 4.74 Å². The average molecular weight is 354 g/mol. The monoisotopic (exact) mass is 354 g/mol. The zero-order chi connectivity index (χ0) is 18.5. The van der Waals surface area contributed by atoms with Crippen molar-refractivity contribution in [2.24, 2.45) is 0 Å². The highest BCUT2D eigenvalue weighted by atomic mass is 16.6. The van der Waals surface area contributed by atoms with Crippen LogP contribution in [0.3, 0.4) is 0 Å². The van der Waals surface area contributed by atoms with Crippen LogP contribution in [0.5, 0.6) is 5.75 Å². The van der Waals surface area contributed by atoms with Crippen LogP contribution in [0, 0.1) is 0 Å². The van der Waals surface area contributed by atoms with Crippen LogP contribution in [0.25, 0.3) is 11.0 Å². The number of benzene rings is 2. The molecule has 0 spiro atoms. The van der Waals surface area contributed by atoms with Gasteiger partial charge in [-0.15, -0.1) is 0 Å². The summed E-state index contributed by atoms with van der Waals surface area (Å²) in [5, 5.41) is 10.6. The number of carbonyl (C=O) groups excluding carboxylic acids is 1. The van der Waals surface area contributed by atoms with Gasteiger partial charge in [-0.25, -0.2) is 0 Å². The number of rotatable bonds is 8. The number of hydrogen-bond donors (Lipinski definition) is 1. The van der Waals surface area contributed by atoms with Crippen molar-refractivity contribution in [1.82, 2.24) is 0 Å². The maximum atomic E-state index is 13.1. The van der Waals surface area contributed by atoms with E-state index in [0.717, 1.165) is 0 Å². The van der Waals surface area contributed by atoms with Crippen LogP contribution in [-0.4, -0.2) is 30.9 Å². The Kier molecular flexibility index (Phi) is 5.71. The fraction of sp³-hybridized carbons (Fsp3) is 0.286. The van der Waals surface area contributed by atoms with E-state index in [0.29, 0.717) is 53.1 Å². The molecule has 1 aromatic heterocycles. The summed E-state index contributed by atoms with van der Waals surface area (Å²) in [4.78, 5) is 13.1. The predicted octanol–water partition coefficient (Wildman–Crippen LogP) is 3.96. The lowest BCUT2D eigenvalue weighted by Gasteiger charge is -2.09. The molecule has 0 aliphatic rings. The Morgan fingerprint density at radius 1 is 1.19 bits per heavy atom. The minimum atomic E-state index is -0.887. The van der Waals surface area contributed by atoms with Gasteiger partial charge >= 0.3 is 0 Å². The second-order valence-corrected chi connectivity index (χ2v) is 5.91. The van der Waals surface area contributed by atoms with Crippen molar-refractivity contribution < 1.29 is 23.8 Å². The van der Waals surface area contributed by atoms with Gasteiger partial charge in [-0.2, -0.15) is 0 Å². The molecule has 0 amide bonds. The van der Waals surface area contributed by atoms with E-state index in [1.807, 2.05) is 25.1 Å². The Balaban J connectivity index is 2.04. The van der Waals surface area contributed by atoms with Crippen molar-refractivity contribution in [3.05, 3.63) is 65.4 Å². The molecule has 5 nitrogen and oxygen atoms in total. The molecule has 1 atom stereocenters. The van der Waals surface area contributed by atoms with Crippen molar-refractivity contribution in [2.45, 2.75) is 26.1 Å². The summed E-state index contributed by atoms with van der Waals surface area (Å²) in [5.41, 5.74) is 1.71. The molecule has 0 saturated carbocycles. The zero-order valence-corrected chi connectivity index (χ0v) is 14.9. The minimum absolute atomic E-state index is 0.112. The van der Waals surface area contributed by atoms with Gasteiger partial charge in [0.2, 0.25) is 0 Å². The number of methoxy groups -OCH3 is 1. The van der Waals surface area contributed by atoms with Crippen LogP contribution in [0.15, 0.2) is 52.9 Å². The van der Waals surface area contributed by atoms with Gasteiger partial charge in [-0.3, -0.25) is 4.79 Å². The van der Waals surface area contributed by atoms with Gasteiger partial charge in [-0.05, 0) is 25.1 Å². The molecule has 3 aromatic rings. The highest BCUT2D eigenvalue weighted by Crippen LogP contribution is 2.32. The standard InChI is InChI=1S/C21H22O5/c1-3-25-19(22)12-11-18-20(21(23)14-7-5-4-6-8-14)16-13-15(24-2)9-10-17(16)26-18/h4-10,13,19,22H,3,11-12H2,1-2H3. The SMILES string of the molecule is CCOC(O)CCc1oc2ccc(OC)cc2c1C(=O)c1ccccc1. The largest absolute Gasteiger partial charge is 0.497 e. The highest BCUT2D eigenvalue weighted by molar-refractivity contribution is 6.17. The van der Waals surface area contributed by atoms with Crippen molar-refractivity contribution in [3.63, 3.8) is 0 Å². The van der Waals surface area contributed by atoms with Crippen LogP contribution >= 0.6 is 0 Å². The summed E-state index contributed by atoms with van der Waals surface area (Å²) < 4.78 is 16.4. The van der Waals surface area contributed by atoms with Gasteiger partial charge in [0.15, 0.2) is 12.1 Å². The van der Waals surface area contributed by atoms with Crippen LogP contribution in [0.4, 0.5) is 0 Å². The summed E-state index contributed by atoms with van der Waals surface area (Å²) in [7, 11) is 1.58. The van der Waals surface area contributed by atoms with Crippen molar-refractivity contribution >= 4 is 16.8 Å². The normalized spacial score (nSPS) is 12.3. The third-order valence-electron chi connectivity index (χ3n) is 4.21. The summed E-state index contributed by atoms with van der Waals surface area (Å²) in [6.07, 6.45) is -0.145. The molecule has 136 valence electrons. The second kappa shape index (κ2) is 8.17. The van der Waals surface area contributed by atoms with Crippen LogP contribution in [-0.2, 0) is 11.2 Å². The van der Waals surface area contributed by atoms with E-state index in [9.17, 15) is 9.90 Å². The van der Waals surface area contributed by atoms with E-state index in [1.54, 1.807) is 37.4 Å². The van der Waals surface area contributed by atoms with E-state index in [4.69, 9.17) is 13.9 Å². The predicted molar refractivity (Wildman–Crippen MR) is 98.6 cm³/mol. The first-order chi connectivity index (χ1) is 12.6. The molecule has 0 aliphatic heterocycles. The molecule has 5 heteroatoms. The third-order valence-corrected chi connectivity index (χ3v) is 4.21. The highest BCUT2D eigenvalue weighted by Gasteiger charge is 2.23. The third kappa shape index (κ3) is 3.79. The number of aliphatic hydroxyl groups is 1. The van der Waals surface area contributed by atoms with Gasteiger partial charge in [0.1, 0.15) is 17.1 Å². The molecule has 0 radical (unpaired) electrons. The summed E-state index contributed by atoms with van der Waals surface area (Å²) in [5.74, 6) is 1.08. The number of furan rings is 1. The summed E-state index contributed by atoms with van der Waals surface area (Å²) in [6.45, 7) is 2.25. The number of aliphatic hydroxyl groups excluding tert-OH is 1. The lowest BCUT2D eigenvalue weighted by Crippen LogP contribution is -2.13. The van der Waals surface area contributed by atoms with Gasteiger partial charge in [0.05, 0.1) is 12.7 Å². The first-order valence-corrected chi connectivity index (χ1v) is 8.62. The maximum absolute atomic E-state index is 13.1. The zero-order valence-electron chi connectivity index (χ0n) is 14.9. The van der Waals surface area contributed by atoms with Gasteiger partial charge in [0.25, 0.3) is 0 Å². The minimum Gasteiger partial charge on any atom is -0.497 e. The van der Waals surface area contributed by atoms with E-state index >= 15 is 0 Å². The van der Waals surface area contributed by atoms with E-state index in [1.165, 1.54) is 0 Å². The van der Waals surface area contributed by atoms with E-state index < -0.39 is 6.29 Å². The van der Waals surface area contributed by atoms with Crippen LogP contribution in [0.1, 0.15) is 35.0 Å². The second-order valence-electron chi connectivity index (χ2n) is 5.91. The van der Waals surface area contributed by atoms with Crippen molar-refractivity contribution in [1.29, 1.82) is 0 Å². The molecule has 2 aromatic carbocycles. The average Bonchev–Trinajstić information content (AvgIpc) is 3.04. The van der Waals surface area contributed by atoms with Gasteiger partial charge < -0.3 is 19.0 Å². The molecule has 0 bridgehead atoms. The van der Waals surface area contributed by atoms with Crippen molar-refractivity contribution in [2.75, 3.05) is 13.7 Å². The number of ketones is 1. The molecule has 3 rings (SSSR count). The molecule has 0 fully saturated rings. The molecule has 1 N–H and O–H groups in total. The molecule has 26 heavy (non-hydrogen) atoms. The summed E-state index contributed by atoms with van der Waals surface area (Å²) in [6, 6.07) is 14.5. The fourth-order valence-electron chi connectivity index (χ4n) is 2.94. The Bertz CT molecular complexity index is 882. The lowest BCUT2D eigenvalue weighted by molar-refractivity contribution is -0.0985. The molecule has 1 unspecified atom stereocenters. The molecular formula is C21H22O5. The Hall–Kier alpha value is -2.63. The number of aryl methyl sites for hydroxylation is 1. The molecule has 1 heterocycles. The number of fused-ring (bicyclic) bond motifs is 1. The maximum Gasteiger partial charge on any atom is 0.197 e. The Labute approximate surface area is 152 Å². The number of hydrogen-bond acceptors (Lipinski definition) is 5. The smallest absolute Gasteiger partial charge is 0.197 e. The van der Waals surface area contributed by atoms with Gasteiger partial charge in [0, 0.05) is 30.4 Å². The first kappa shape index (κ1) is 18.2. The number of carbonyl (C=O) groups is 1. The Morgan fingerprint density at radius 2 is 1.96 bits per heavy atom. The molecule has 0 saturated heterocycles. The molecule has 0 aliphatic carbocycles. The fourth-order valence-corrected chi connectivity index (χ4v) is 2.94. The number of ether oxygens (including phenoxy) is 2. The Morgan fingerprint density at radius 3 is 2.65 bits per heavy atom. The van der Waals surface area contributed by atoms with Crippen molar-refractivity contribution in [3.8, 4) is 5.75 Å². The van der Waals surface area contributed by atoms with E-state index in [-0.39, 0.29) is 5.78 Å². The van der Waals surface area contributed by atoms with Crippen LogP contribution in [0.2, 0.25) is 0 Å². The lowest BCUT2D eigenvalue weighted by atomic mass is 9.98. The molecular weight excluding hydrogens is 332 g/mol. The first-order valence-electron chi connectivity index (χ1n) is 8.62. The summed E-state index contributed by atoms with van der Waals surface area (Å²) >= 11 is 0. The quantitative estimate of drug-likeness (QED) is 0.490. The van der Waals surface area contributed by atoms with E-state index in [2.05, 4.69) is 0 Å². The topological polar surface area (TPSA) is 68.9 Å². The van der Waals surface area contributed by atoms with Gasteiger partial charge in [-0.1, -0.05) is 30.3 Å².